The normalized spacial score (nSPS) is 19.3. The number of rotatable bonds is 4. The van der Waals surface area contributed by atoms with E-state index in [9.17, 15) is 14.0 Å². The molecule has 11 heteroatoms. The molecule has 0 bridgehead atoms. The van der Waals surface area contributed by atoms with E-state index in [1.54, 1.807) is 35.5 Å². The van der Waals surface area contributed by atoms with Gasteiger partial charge >= 0.3 is 6.09 Å². The number of benzene rings is 1. The number of hydrogen-bond acceptors (Lipinski definition) is 6. The van der Waals surface area contributed by atoms with Crippen LogP contribution in [0.1, 0.15) is 36.7 Å². The molecule has 1 aromatic carbocycles. The number of ether oxygens (including phenoxy) is 1. The van der Waals surface area contributed by atoms with Gasteiger partial charge < -0.3 is 20.4 Å². The molecule has 4 N–H and O–H groups in total. The number of anilines is 2. The van der Waals surface area contributed by atoms with E-state index in [1.807, 2.05) is 0 Å². The zero-order valence-electron chi connectivity index (χ0n) is 18.7. The third-order valence-electron chi connectivity index (χ3n) is 6.36. The topological polar surface area (TPSA) is 126 Å². The Balaban J connectivity index is 1.36. The molecule has 0 aliphatic carbocycles. The molecule has 0 radical (unpaired) electrons. The van der Waals surface area contributed by atoms with E-state index in [2.05, 4.69) is 25.0 Å². The zero-order valence-corrected chi connectivity index (χ0v) is 19.5. The molecule has 0 spiro atoms. The van der Waals surface area contributed by atoms with Crippen molar-refractivity contribution in [3.05, 3.63) is 65.0 Å². The van der Waals surface area contributed by atoms with E-state index in [4.69, 9.17) is 17.3 Å². The van der Waals surface area contributed by atoms with Crippen molar-refractivity contribution in [2.45, 2.75) is 31.3 Å². The summed E-state index contributed by atoms with van der Waals surface area (Å²) in [5, 5.41) is 2.47. The summed E-state index contributed by atoms with van der Waals surface area (Å²) in [6.07, 6.45) is 6.08. The molecule has 2 aliphatic rings. The SMILES string of the molecule is COC(=O)Nc1ccc(-c2cnc([C@@H]3CCC4CC(c5c(N)ccc(Cl)c5F)=CC(=O)N43)[nH]2)cn1. The van der Waals surface area contributed by atoms with Crippen LogP contribution in [0.2, 0.25) is 5.02 Å². The highest BCUT2D eigenvalue weighted by molar-refractivity contribution is 6.31. The Labute approximate surface area is 205 Å². The number of nitrogens with two attached hydrogens (primary N) is 1. The van der Waals surface area contributed by atoms with E-state index >= 15 is 0 Å². The van der Waals surface area contributed by atoms with Gasteiger partial charge in [-0.05, 0) is 49.1 Å². The number of halogens is 2. The lowest BCUT2D eigenvalue weighted by molar-refractivity contribution is -0.129. The van der Waals surface area contributed by atoms with E-state index < -0.39 is 11.9 Å². The molecule has 2 aliphatic heterocycles. The van der Waals surface area contributed by atoms with E-state index in [-0.39, 0.29) is 34.3 Å². The molecular formula is C24H22ClFN6O3. The quantitative estimate of drug-likeness (QED) is 0.455. The molecular weight excluding hydrogens is 475 g/mol. The van der Waals surface area contributed by atoms with Crippen LogP contribution in [0, 0.1) is 5.82 Å². The number of nitrogen functional groups attached to an aromatic ring is 1. The number of hydrogen-bond donors (Lipinski definition) is 3. The Morgan fingerprint density at radius 1 is 1.26 bits per heavy atom. The first kappa shape index (κ1) is 22.9. The van der Waals surface area contributed by atoms with Crippen molar-refractivity contribution in [3.63, 3.8) is 0 Å². The molecule has 2 amide bonds. The predicted octanol–water partition coefficient (Wildman–Crippen LogP) is 4.54. The van der Waals surface area contributed by atoms with Crippen LogP contribution >= 0.6 is 11.6 Å². The second-order valence-corrected chi connectivity index (χ2v) is 8.83. The predicted molar refractivity (Wildman–Crippen MR) is 129 cm³/mol. The molecule has 2 aromatic heterocycles. The van der Waals surface area contributed by atoms with Crippen molar-refractivity contribution >= 4 is 40.7 Å². The van der Waals surface area contributed by atoms with Gasteiger partial charge in [0.05, 0.1) is 30.1 Å². The maximum atomic E-state index is 14.7. The summed E-state index contributed by atoms with van der Waals surface area (Å²) in [4.78, 5) is 38.3. The fourth-order valence-corrected chi connectivity index (χ4v) is 4.88. The van der Waals surface area contributed by atoms with Gasteiger partial charge in [0.2, 0.25) is 5.91 Å². The van der Waals surface area contributed by atoms with Crippen molar-refractivity contribution in [3.8, 4) is 11.3 Å². The minimum Gasteiger partial charge on any atom is -0.453 e. The lowest BCUT2D eigenvalue weighted by Gasteiger charge is -2.33. The number of aromatic amines is 1. The molecule has 3 aromatic rings. The fourth-order valence-electron chi connectivity index (χ4n) is 4.72. The number of methoxy groups -OCH3 is 1. The van der Waals surface area contributed by atoms with Gasteiger partial charge in [-0.3, -0.25) is 10.1 Å². The summed E-state index contributed by atoms with van der Waals surface area (Å²) in [6.45, 7) is 0. The van der Waals surface area contributed by atoms with Crippen LogP contribution in [0.15, 0.2) is 42.7 Å². The summed E-state index contributed by atoms with van der Waals surface area (Å²) in [6, 6.07) is 6.08. The highest BCUT2D eigenvalue weighted by atomic mass is 35.5. The number of nitrogens with one attached hydrogen (secondary N) is 2. The van der Waals surface area contributed by atoms with Crippen LogP contribution in [0.5, 0.6) is 0 Å². The van der Waals surface area contributed by atoms with Crippen LogP contribution in [0.3, 0.4) is 0 Å². The lowest BCUT2D eigenvalue weighted by Crippen LogP contribution is -2.39. The van der Waals surface area contributed by atoms with Crippen molar-refractivity contribution in [2.75, 3.05) is 18.2 Å². The first-order valence-corrected chi connectivity index (χ1v) is 11.4. The van der Waals surface area contributed by atoms with Crippen LogP contribution in [-0.2, 0) is 9.53 Å². The molecule has 9 nitrogen and oxygen atoms in total. The molecule has 35 heavy (non-hydrogen) atoms. The van der Waals surface area contributed by atoms with E-state index in [1.165, 1.54) is 19.3 Å². The van der Waals surface area contributed by atoms with Crippen molar-refractivity contribution in [1.29, 1.82) is 0 Å². The summed E-state index contributed by atoms with van der Waals surface area (Å²) in [5.74, 6) is 0.205. The largest absolute Gasteiger partial charge is 0.453 e. The average molecular weight is 497 g/mol. The Hall–Kier alpha value is -3.92. The highest BCUT2D eigenvalue weighted by Gasteiger charge is 2.42. The van der Waals surface area contributed by atoms with Gasteiger partial charge in [-0.15, -0.1) is 0 Å². The second-order valence-electron chi connectivity index (χ2n) is 8.42. The summed E-state index contributed by atoms with van der Waals surface area (Å²) in [5.41, 5.74) is 8.52. The minimum absolute atomic E-state index is 0.0269. The summed E-state index contributed by atoms with van der Waals surface area (Å²) < 4.78 is 19.3. The Bertz CT molecular complexity index is 1340. The van der Waals surface area contributed by atoms with Gasteiger partial charge in [0, 0.05) is 35.1 Å². The number of pyridine rings is 1. The van der Waals surface area contributed by atoms with Gasteiger partial charge in [-0.1, -0.05) is 11.6 Å². The molecule has 1 unspecified atom stereocenters. The maximum absolute atomic E-state index is 14.7. The van der Waals surface area contributed by atoms with Gasteiger partial charge in [-0.25, -0.2) is 19.2 Å². The maximum Gasteiger partial charge on any atom is 0.412 e. The Morgan fingerprint density at radius 2 is 2.09 bits per heavy atom. The van der Waals surface area contributed by atoms with E-state index in [0.29, 0.717) is 23.6 Å². The number of aromatic nitrogens is 3. The third kappa shape index (κ3) is 4.21. The number of fused-ring (bicyclic) bond motifs is 1. The number of H-pyrrole nitrogens is 1. The Kier molecular flexibility index (Phi) is 5.89. The molecule has 1 fully saturated rings. The van der Waals surface area contributed by atoms with Gasteiger partial charge in [0.15, 0.2) is 5.82 Å². The molecule has 180 valence electrons. The van der Waals surface area contributed by atoms with Gasteiger partial charge in [0.1, 0.15) is 11.6 Å². The molecule has 1 saturated heterocycles. The molecule has 2 atom stereocenters. The number of amides is 2. The number of carbonyl (C=O) groups is 2. The second kappa shape index (κ2) is 9.03. The van der Waals surface area contributed by atoms with Crippen molar-refractivity contribution in [2.24, 2.45) is 0 Å². The van der Waals surface area contributed by atoms with Gasteiger partial charge in [0.25, 0.3) is 0 Å². The standard InChI is InChI=1S/C24H22ClFN6O3/c1-35-24(34)31-19-7-2-12(10-28-19)17-11-29-23(30-17)18-6-3-14-8-13(9-20(33)32(14)18)21-16(27)5-4-15(25)22(21)26/h2,4-5,7,9-11,14,18H,3,6,8,27H2,1H3,(H,29,30)(H,28,31,34)/t14?,18-/m0/s1. The smallest absolute Gasteiger partial charge is 0.412 e. The first-order chi connectivity index (χ1) is 16.9. The molecule has 0 saturated carbocycles. The number of imidazole rings is 1. The van der Waals surface area contributed by atoms with Crippen LogP contribution in [0.25, 0.3) is 16.8 Å². The summed E-state index contributed by atoms with van der Waals surface area (Å²) >= 11 is 5.95. The van der Waals surface area contributed by atoms with Crippen LogP contribution in [0.4, 0.5) is 20.7 Å². The zero-order chi connectivity index (χ0) is 24.7. The third-order valence-corrected chi connectivity index (χ3v) is 6.65. The Morgan fingerprint density at radius 3 is 2.83 bits per heavy atom. The van der Waals surface area contributed by atoms with Crippen LogP contribution in [-0.4, -0.2) is 45.0 Å². The fraction of sp³-hybridized carbons (Fsp3) is 0.250. The minimum atomic E-state index is -0.606. The first-order valence-electron chi connectivity index (χ1n) is 11.0. The van der Waals surface area contributed by atoms with Crippen LogP contribution < -0.4 is 11.1 Å². The highest BCUT2D eigenvalue weighted by Crippen LogP contribution is 2.44. The van der Waals surface area contributed by atoms with E-state index in [0.717, 1.165) is 24.1 Å². The number of carbonyl (C=O) groups excluding carboxylic acids is 2. The van der Waals surface area contributed by atoms with Gasteiger partial charge in [-0.2, -0.15) is 0 Å². The monoisotopic (exact) mass is 496 g/mol. The average Bonchev–Trinajstić information content (AvgIpc) is 3.50. The number of nitrogens with zero attached hydrogens (tertiary/aromatic N) is 3. The molecule has 4 heterocycles. The lowest BCUT2D eigenvalue weighted by atomic mass is 9.92. The van der Waals surface area contributed by atoms with Crippen molar-refractivity contribution < 1.29 is 18.7 Å². The van der Waals surface area contributed by atoms with Crippen molar-refractivity contribution in [1.82, 2.24) is 19.9 Å². The summed E-state index contributed by atoms with van der Waals surface area (Å²) in [7, 11) is 1.28. The molecule has 5 rings (SSSR count).